The Morgan fingerprint density at radius 1 is 0.667 bits per heavy atom. The standard InChI is InChI=1S/C24H21NO2/c26-21-16-22(18-10-4-1-5-11-18)25(24(27)20-14-8-3-9-15-20)23(17-21)19-12-6-2-7-13-19/h1-15,22-23H,16-17H2/t22-,23-/m1/s1. The van der Waals surface area contributed by atoms with Crippen molar-refractivity contribution in [3.05, 3.63) is 108 Å². The number of carbonyl (C=O) groups excluding carboxylic acids is 2. The quantitative estimate of drug-likeness (QED) is 0.665. The highest BCUT2D eigenvalue weighted by Crippen LogP contribution is 2.41. The van der Waals surface area contributed by atoms with Crippen LogP contribution < -0.4 is 0 Å². The molecule has 0 spiro atoms. The number of rotatable bonds is 3. The smallest absolute Gasteiger partial charge is 0.254 e. The first kappa shape index (κ1) is 17.2. The molecule has 1 fully saturated rings. The number of hydrogen-bond acceptors (Lipinski definition) is 2. The number of amides is 1. The third-order valence-corrected chi connectivity index (χ3v) is 5.14. The first-order valence-electron chi connectivity index (χ1n) is 9.23. The molecular weight excluding hydrogens is 334 g/mol. The molecule has 2 atom stereocenters. The van der Waals surface area contributed by atoms with Crippen molar-refractivity contribution in [2.75, 3.05) is 0 Å². The molecule has 0 unspecified atom stereocenters. The SMILES string of the molecule is O=C1C[C@H](c2ccccc2)N(C(=O)c2ccccc2)[C@@H](c2ccccc2)C1. The van der Waals surface area contributed by atoms with Crippen molar-refractivity contribution in [1.82, 2.24) is 4.90 Å². The van der Waals surface area contributed by atoms with Gasteiger partial charge in [-0.2, -0.15) is 0 Å². The summed E-state index contributed by atoms with van der Waals surface area (Å²) in [4.78, 5) is 28.0. The van der Waals surface area contributed by atoms with Gasteiger partial charge in [-0.3, -0.25) is 9.59 Å². The zero-order valence-electron chi connectivity index (χ0n) is 15.0. The Bertz CT molecular complexity index is 871. The summed E-state index contributed by atoms with van der Waals surface area (Å²) in [7, 11) is 0. The number of Topliss-reactive ketones (excluding diaryl/α,β-unsaturated/α-hetero) is 1. The predicted molar refractivity (Wildman–Crippen MR) is 105 cm³/mol. The topological polar surface area (TPSA) is 37.4 Å². The Morgan fingerprint density at radius 3 is 1.52 bits per heavy atom. The molecular formula is C24H21NO2. The highest BCUT2D eigenvalue weighted by Gasteiger charge is 2.39. The molecule has 27 heavy (non-hydrogen) atoms. The summed E-state index contributed by atoms with van der Waals surface area (Å²) in [5, 5.41) is 0. The molecule has 1 saturated heterocycles. The lowest BCUT2D eigenvalue weighted by Crippen LogP contribution is -2.43. The maximum absolute atomic E-state index is 13.5. The van der Waals surface area contributed by atoms with Crippen LogP contribution in [0.15, 0.2) is 91.0 Å². The molecule has 134 valence electrons. The fourth-order valence-corrected chi connectivity index (χ4v) is 3.85. The summed E-state index contributed by atoms with van der Waals surface area (Å²) in [6.07, 6.45) is 0.706. The van der Waals surface area contributed by atoms with Gasteiger partial charge in [0.2, 0.25) is 0 Å². The summed E-state index contributed by atoms with van der Waals surface area (Å²) in [6, 6.07) is 28.5. The van der Waals surface area contributed by atoms with Crippen molar-refractivity contribution in [3.8, 4) is 0 Å². The molecule has 0 radical (unpaired) electrons. The molecule has 0 N–H and O–H groups in total. The van der Waals surface area contributed by atoms with Crippen molar-refractivity contribution in [2.24, 2.45) is 0 Å². The van der Waals surface area contributed by atoms with Crippen LogP contribution in [0.3, 0.4) is 0 Å². The fraction of sp³-hybridized carbons (Fsp3) is 0.167. The van der Waals surface area contributed by atoms with Gasteiger partial charge in [-0.1, -0.05) is 78.9 Å². The Labute approximate surface area is 159 Å². The third kappa shape index (κ3) is 3.54. The number of hydrogen-bond donors (Lipinski definition) is 0. The molecule has 1 aliphatic rings. The molecule has 0 aromatic heterocycles. The van der Waals surface area contributed by atoms with E-state index in [-0.39, 0.29) is 23.8 Å². The van der Waals surface area contributed by atoms with E-state index in [0.29, 0.717) is 18.4 Å². The monoisotopic (exact) mass is 355 g/mol. The van der Waals surface area contributed by atoms with Crippen molar-refractivity contribution in [3.63, 3.8) is 0 Å². The maximum Gasteiger partial charge on any atom is 0.254 e. The minimum Gasteiger partial charge on any atom is -0.324 e. The van der Waals surface area contributed by atoms with Crippen molar-refractivity contribution in [1.29, 1.82) is 0 Å². The predicted octanol–water partition coefficient (Wildman–Crippen LogP) is 4.97. The number of nitrogens with zero attached hydrogens (tertiary/aromatic N) is 1. The van der Waals surface area contributed by atoms with Crippen LogP contribution in [-0.4, -0.2) is 16.6 Å². The van der Waals surface area contributed by atoms with Gasteiger partial charge in [-0.05, 0) is 23.3 Å². The van der Waals surface area contributed by atoms with E-state index in [4.69, 9.17) is 0 Å². The van der Waals surface area contributed by atoms with Crippen LogP contribution >= 0.6 is 0 Å². The summed E-state index contributed by atoms with van der Waals surface area (Å²) >= 11 is 0. The number of likely N-dealkylation sites (tertiary alicyclic amines) is 1. The summed E-state index contributed by atoms with van der Waals surface area (Å²) < 4.78 is 0. The number of carbonyl (C=O) groups is 2. The van der Waals surface area contributed by atoms with Gasteiger partial charge in [0.15, 0.2) is 0 Å². The Kier molecular flexibility index (Phi) is 4.84. The second-order valence-corrected chi connectivity index (χ2v) is 6.88. The van der Waals surface area contributed by atoms with Gasteiger partial charge in [-0.15, -0.1) is 0 Å². The third-order valence-electron chi connectivity index (χ3n) is 5.14. The van der Waals surface area contributed by atoms with E-state index in [2.05, 4.69) is 0 Å². The summed E-state index contributed by atoms with van der Waals surface area (Å²) in [5.74, 6) is 0.153. The molecule has 0 aliphatic carbocycles. The van der Waals surface area contributed by atoms with E-state index < -0.39 is 0 Å². The molecule has 0 bridgehead atoms. The van der Waals surface area contributed by atoms with E-state index in [1.165, 1.54) is 0 Å². The van der Waals surface area contributed by atoms with Gasteiger partial charge in [0.05, 0.1) is 12.1 Å². The highest BCUT2D eigenvalue weighted by molar-refractivity contribution is 5.96. The molecule has 3 heteroatoms. The van der Waals surface area contributed by atoms with Crippen LogP contribution in [0.1, 0.15) is 46.4 Å². The summed E-state index contributed by atoms with van der Waals surface area (Å²) in [5.41, 5.74) is 2.64. The molecule has 1 aliphatic heterocycles. The second kappa shape index (κ2) is 7.58. The van der Waals surface area contributed by atoms with Gasteiger partial charge in [0.25, 0.3) is 5.91 Å². The molecule has 3 aromatic carbocycles. The van der Waals surface area contributed by atoms with Gasteiger partial charge in [0, 0.05) is 18.4 Å². The number of ketones is 1. The van der Waals surface area contributed by atoms with Crippen LogP contribution in [0.2, 0.25) is 0 Å². The number of piperidine rings is 1. The first-order valence-corrected chi connectivity index (χ1v) is 9.23. The average molecular weight is 355 g/mol. The van der Waals surface area contributed by atoms with Crippen molar-refractivity contribution >= 4 is 11.7 Å². The minimum absolute atomic E-state index is 0.0363. The molecule has 4 rings (SSSR count). The maximum atomic E-state index is 13.5. The van der Waals surface area contributed by atoms with E-state index >= 15 is 0 Å². The van der Waals surface area contributed by atoms with E-state index in [1.807, 2.05) is 95.9 Å². The first-order chi connectivity index (χ1) is 13.2. The van der Waals surface area contributed by atoms with Crippen LogP contribution in [0.4, 0.5) is 0 Å². The Morgan fingerprint density at radius 2 is 1.07 bits per heavy atom. The van der Waals surface area contributed by atoms with Gasteiger partial charge in [0.1, 0.15) is 5.78 Å². The zero-order valence-corrected chi connectivity index (χ0v) is 15.0. The van der Waals surface area contributed by atoms with E-state index in [9.17, 15) is 9.59 Å². The van der Waals surface area contributed by atoms with Crippen LogP contribution in [0.5, 0.6) is 0 Å². The van der Waals surface area contributed by atoms with Crippen molar-refractivity contribution in [2.45, 2.75) is 24.9 Å². The fourth-order valence-electron chi connectivity index (χ4n) is 3.85. The molecule has 1 amide bonds. The molecule has 3 aromatic rings. The molecule has 1 heterocycles. The van der Waals surface area contributed by atoms with Gasteiger partial charge < -0.3 is 4.90 Å². The van der Waals surface area contributed by atoms with E-state index in [1.54, 1.807) is 0 Å². The van der Waals surface area contributed by atoms with Crippen LogP contribution in [0.25, 0.3) is 0 Å². The second-order valence-electron chi connectivity index (χ2n) is 6.88. The highest BCUT2D eigenvalue weighted by atomic mass is 16.2. The molecule has 0 saturated carbocycles. The van der Waals surface area contributed by atoms with Crippen LogP contribution in [-0.2, 0) is 4.79 Å². The van der Waals surface area contributed by atoms with E-state index in [0.717, 1.165) is 11.1 Å². The largest absolute Gasteiger partial charge is 0.324 e. The Hall–Kier alpha value is -3.20. The van der Waals surface area contributed by atoms with Crippen LogP contribution in [0, 0.1) is 0 Å². The zero-order chi connectivity index (χ0) is 18.6. The lowest BCUT2D eigenvalue weighted by molar-refractivity contribution is -0.124. The normalized spacial score (nSPS) is 19.7. The lowest BCUT2D eigenvalue weighted by Gasteiger charge is -2.42. The lowest BCUT2D eigenvalue weighted by atomic mass is 9.86. The van der Waals surface area contributed by atoms with Gasteiger partial charge in [-0.25, -0.2) is 0 Å². The number of benzene rings is 3. The minimum atomic E-state index is -0.259. The Balaban J connectivity index is 1.81. The molecule has 3 nitrogen and oxygen atoms in total. The summed E-state index contributed by atoms with van der Waals surface area (Å²) in [6.45, 7) is 0. The van der Waals surface area contributed by atoms with Gasteiger partial charge >= 0.3 is 0 Å². The van der Waals surface area contributed by atoms with Crippen molar-refractivity contribution < 1.29 is 9.59 Å². The average Bonchev–Trinajstić information content (AvgIpc) is 2.74.